The number of hydrogen-bond donors (Lipinski definition) is 2. The first-order valence-corrected chi connectivity index (χ1v) is 7.86. The number of ether oxygens (including phenoxy) is 1. The third-order valence-electron chi connectivity index (χ3n) is 3.46. The molecule has 1 aliphatic rings. The second-order valence-electron chi connectivity index (χ2n) is 5.27. The van der Waals surface area contributed by atoms with Gasteiger partial charge in [-0.25, -0.2) is 4.79 Å². The molecule has 0 aliphatic carbocycles. The summed E-state index contributed by atoms with van der Waals surface area (Å²) in [7, 11) is 0. The number of non-ortho nitro benzene ring substituents is 1. The Morgan fingerprint density at radius 2 is 2.04 bits per heavy atom. The number of rotatable bonds is 4. The molecule has 2 N–H and O–H groups in total. The average molecular weight is 376 g/mol. The Bertz CT molecular complexity index is 830. The lowest BCUT2D eigenvalue weighted by Crippen LogP contribution is -2.37. The van der Waals surface area contributed by atoms with Crippen molar-refractivity contribution in [3.05, 3.63) is 62.7 Å². The number of nitro groups is 1. The summed E-state index contributed by atoms with van der Waals surface area (Å²) >= 11 is 4.16. The van der Waals surface area contributed by atoms with Crippen molar-refractivity contribution in [2.45, 2.75) is 13.5 Å². The first kappa shape index (κ1) is 19.2. The van der Waals surface area contributed by atoms with Gasteiger partial charge in [-0.1, -0.05) is 6.08 Å². The van der Waals surface area contributed by atoms with Gasteiger partial charge in [0.05, 0.1) is 4.92 Å². The molecule has 26 heavy (non-hydrogen) atoms. The minimum Gasteiger partial charge on any atom is -0.443 e. The maximum atomic E-state index is 11.9. The van der Waals surface area contributed by atoms with Crippen molar-refractivity contribution in [1.29, 1.82) is 0 Å². The monoisotopic (exact) mass is 376 g/mol. The fourth-order valence-electron chi connectivity index (χ4n) is 2.15. The normalized spacial score (nSPS) is 14.4. The molecule has 0 atom stereocenters. The topological polar surface area (TPSA) is 128 Å². The SMILES string of the molecule is CC(=NC(=O)OCc1ccc([N+](=O)[O-])cc1)N1CC=C(S)C=C1C(N)=O. The zero-order valence-electron chi connectivity index (χ0n) is 13.8. The first-order valence-electron chi connectivity index (χ1n) is 7.41. The number of amides is 2. The van der Waals surface area contributed by atoms with E-state index in [4.69, 9.17) is 10.5 Å². The van der Waals surface area contributed by atoms with Crippen LogP contribution in [0.15, 0.2) is 52.0 Å². The largest absolute Gasteiger partial charge is 0.443 e. The molecule has 2 amide bonds. The summed E-state index contributed by atoms with van der Waals surface area (Å²) in [6.07, 6.45) is 2.36. The Hall–Kier alpha value is -3.14. The maximum Gasteiger partial charge on any atom is 0.435 e. The number of carbonyl (C=O) groups excluding carboxylic acids is 2. The van der Waals surface area contributed by atoms with Crippen molar-refractivity contribution < 1.29 is 19.2 Å². The predicted molar refractivity (Wildman–Crippen MR) is 97.4 cm³/mol. The molecule has 0 saturated carbocycles. The van der Waals surface area contributed by atoms with Crippen molar-refractivity contribution in [2.75, 3.05) is 6.54 Å². The summed E-state index contributed by atoms with van der Waals surface area (Å²) in [6, 6.07) is 5.60. The van der Waals surface area contributed by atoms with Gasteiger partial charge in [-0.05, 0) is 30.7 Å². The molecule has 0 saturated heterocycles. The van der Waals surface area contributed by atoms with Gasteiger partial charge >= 0.3 is 6.09 Å². The third-order valence-corrected chi connectivity index (χ3v) is 3.78. The van der Waals surface area contributed by atoms with E-state index in [1.165, 1.54) is 35.2 Å². The van der Waals surface area contributed by atoms with Gasteiger partial charge < -0.3 is 15.4 Å². The van der Waals surface area contributed by atoms with Gasteiger partial charge in [0.2, 0.25) is 0 Å². The molecule has 136 valence electrons. The summed E-state index contributed by atoms with van der Waals surface area (Å²) in [5.74, 6) is -0.431. The molecular weight excluding hydrogens is 360 g/mol. The van der Waals surface area contributed by atoms with Gasteiger partial charge in [0.25, 0.3) is 11.6 Å². The summed E-state index contributed by atoms with van der Waals surface area (Å²) in [5, 5.41) is 10.6. The van der Waals surface area contributed by atoms with E-state index in [9.17, 15) is 19.7 Å². The number of aliphatic imine (C=N–C) groups is 1. The number of primary amides is 1. The van der Waals surface area contributed by atoms with E-state index in [2.05, 4.69) is 17.6 Å². The fourth-order valence-corrected chi connectivity index (χ4v) is 2.36. The van der Waals surface area contributed by atoms with Crippen molar-refractivity contribution >= 4 is 36.2 Å². The van der Waals surface area contributed by atoms with Crippen molar-refractivity contribution in [3.63, 3.8) is 0 Å². The summed E-state index contributed by atoms with van der Waals surface area (Å²) in [4.78, 5) is 39.3. The van der Waals surface area contributed by atoms with E-state index in [1.807, 2.05) is 0 Å². The standard InChI is InChI=1S/C16H16N4O5S/c1-10(19-7-6-13(26)8-14(19)15(17)21)18-16(22)25-9-11-2-4-12(5-3-11)20(23)24/h2-6,8,26H,7,9H2,1H3,(H2,17,21). The van der Waals surface area contributed by atoms with Gasteiger partial charge in [-0.3, -0.25) is 14.9 Å². The Morgan fingerprint density at radius 1 is 1.38 bits per heavy atom. The number of allylic oxidation sites excluding steroid dienone is 1. The predicted octanol–water partition coefficient (Wildman–Crippen LogP) is 2.15. The molecule has 0 aromatic heterocycles. The van der Waals surface area contributed by atoms with E-state index in [-0.39, 0.29) is 23.8 Å². The van der Waals surface area contributed by atoms with Crippen LogP contribution in [0.1, 0.15) is 12.5 Å². The van der Waals surface area contributed by atoms with Gasteiger partial charge in [0.15, 0.2) is 0 Å². The zero-order valence-corrected chi connectivity index (χ0v) is 14.7. The molecule has 0 spiro atoms. The molecule has 1 heterocycles. The van der Waals surface area contributed by atoms with Crippen LogP contribution in [0, 0.1) is 10.1 Å². The molecule has 0 fully saturated rings. The van der Waals surface area contributed by atoms with Crippen LogP contribution < -0.4 is 5.73 Å². The van der Waals surface area contributed by atoms with Crippen molar-refractivity contribution in [2.24, 2.45) is 10.7 Å². The van der Waals surface area contributed by atoms with Crippen LogP contribution >= 0.6 is 12.6 Å². The molecule has 0 radical (unpaired) electrons. The van der Waals surface area contributed by atoms with Crippen LogP contribution in [0.3, 0.4) is 0 Å². The number of amidine groups is 1. The lowest BCUT2D eigenvalue weighted by Gasteiger charge is -2.26. The van der Waals surface area contributed by atoms with Gasteiger partial charge in [0.1, 0.15) is 18.1 Å². The summed E-state index contributed by atoms with van der Waals surface area (Å²) in [5.41, 5.74) is 6.02. The van der Waals surface area contributed by atoms with Gasteiger partial charge in [0, 0.05) is 23.6 Å². The highest BCUT2D eigenvalue weighted by molar-refractivity contribution is 7.84. The van der Waals surface area contributed by atoms with E-state index in [0.29, 0.717) is 17.0 Å². The average Bonchev–Trinajstić information content (AvgIpc) is 2.60. The molecule has 10 heteroatoms. The van der Waals surface area contributed by atoms with Crippen LogP contribution in [0.2, 0.25) is 0 Å². The number of thiol groups is 1. The minimum atomic E-state index is -0.856. The van der Waals surface area contributed by atoms with Crippen molar-refractivity contribution in [1.82, 2.24) is 4.90 Å². The van der Waals surface area contributed by atoms with E-state index < -0.39 is 16.9 Å². The molecule has 2 rings (SSSR count). The third kappa shape index (κ3) is 4.93. The lowest BCUT2D eigenvalue weighted by atomic mass is 10.2. The molecular formula is C16H16N4O5S. The minimum absolute atomic E-state index is 0.0542. The van der Waals surface area contributed by atoms with E-state index in [0.717, 1.165) is 0 Å². The van der Waals surface area contributed by atoms with Crippen molar-refractivity contribution in [3.8, 4) is 0 Å². The summed E-state index contributed by atoms with van der Waals surface area (Å²) < 4.78 is 5.02. The number of nitrogens with zero attached hydrogens (tertiary/aromatic N) is 3. The molecule has 1 aromatic rings. The fraction of sp³-hybridized carbons (Fsp3) is 0.188. The highest BCUT2D eigenvalue weighted by Crippen LogP contribution is 2.18. The Kier molecular flexibility index (Phi) is 6.12. The highest BCUT2D eigenvalue weighted by Gasteiger charge is 2.21. The molecule has 0 bridgehead atoms. The van der Waals surface area contributed by atoms with Crippen LogP contribution in [-0.4, -0.2) is 34.2 Å². The molecule has 9 nitrogen and oxygen atoms in total. The van der Waals surface area contributed by atoms with Crippen LogP contribution in [0.5, 0.6) is 0 Å². The maximum absolute atomic E-state index is 11.9. The van der Waals surface area contributed by atoms with Crippen LogP contribution in [0.25, 0.3) is 0 Å². The zero-order chi connectivity index (χ0) is 19.3. The second kappa shape index (κ2) is 8.30. The Balaban J connectivity index is 2.00. The quantitative estimate of drug-likeness (QED) is 0.272. The summed E-state index contributed by atoms with van der Waals surface area (Å²) in [6.45, 7) is 1.74. The Morgan fingerprint density at radius 3 is 2.62 bits per heavy atom. The number of nitro benzene ring substituents is 1. The molecule has 1 aromatic carbocycles. The van der Waals surface area contributed by atoms with E-state index in [1.54, 1.807) is 13.0 Å². The first-order chi connectivity index (χ1) is 12.3. The molecule has 0 unspecified atom stereocenters. The number of carbonyl (C=O) groups is 2. The van der Waals surface area contributed by atoms with Gasteiger partial charge in [-0.2, -0.15) is 4.99 Å². The lowest BCUT2D eigenvalue weighted by molar-refractivity contribution is -0.384. The van der Waals surface area contributed by atoms with Crippen LogP contribution in [-0.2, 0) is 16.1 Å². The number of nitrogens with two attached hydrogens (primary N) is 1. The number of hydrogen-bond acceptors (Lipinski definition) is 6. The second-order valence-corrected chi connectivity index (χ2v) is 5.79. The number of benzene rings is 1. The molecule has 1 aliphatic heterocycles. The van der Waals surface area contributed by atoms with E-state index >= 15 is 0 Å². The van der Waals surface area contributed by atoms with Crippen LogP contribution in [0.4, 0.5) is 10.5 Å². The highest BCUT2D eigenvalue weighted by atomic mass is 32.1. The smallest absolute Gasteiger partial charge is 0.435 e. The Labute approximate surface area is 154 Å². The van der Waals surface area contributed by atoms with Gasteiger partial charge in [-0.15, -0.1) is 12.6 Å².